The molecule has 0 saturated heterocycles. The third-order valence-electron chi connectivity index (χ3n) is 2.61. The second-order valence-corrected chi connectivity index (χ2v) is 7.46. The van der Waals surface area contributed by atoms with Gasteiger partial charge in [0, 0.05) is 5.56 Å². The van der Waals surface area contributed by atoms with E-state index in [9.17, 15) is 13.2 Å². The fourth-order valence-electron chi connectivity index (χ4n) is 1.60. The maximum atomic E-state index is 12.3. The molecular formula is C14H11BrO3S. The normalized spacial score (nSPS) is 12.9. The second-order valence-electron chi connectivity index (χ2n) is 3.90. The van der Waals surface area contributed by atoms with Gasteiger partial charge in [-0.15, -0.1) is 0 Å². The van der Waals surface area contributed by atoms with Crippen LogP contribution in [0.1, 0.15) is 10.4 Å². The van der Waals surface area contributed by atoms with Crippen molar-refractivity contribution < 1.29 is 13.2 Å². The number of ketones is 1. The molecule has 2 aromatic rings. The van der Waals surface area contributed by atoms with Crippen molar-refractivity contribution in [3.05, 3.63) is 66.2 Å². The van der Waals surface area contributed by atoms with Crippen LogP contribution in [0, 0.1) is 0 Å². The van der Waals surface area contributed by atoms with Gasteiger partial charge >= 0.3 is 0 Å². The van der Waals surface area contributed by atoms with Gasteiger partial charge in [-0.05, 0) is 12.1 Å². The zero-order valence-electron chi connectivity index (χ0n) is 9.86. The Morgan fingerprint density at radius 1 is 0.895 bits per heavy atom. The summed E-state index contributed by atoms with van der Waals surface area (Å²) in [5, 5.41) is 0. The number of halogens is 1. The average Bonchev–Trinajstić information content (AvgIpc) is 2.47. The van der Waals surface area contributed by atoms with Gasteiger partial charge in [0.15, 0.2) is 19.8 Å². The summed E-state index contributed by atoms with van der Waals surface area (Å²) in [5.41, 5.74) is 0.365. The largest absolute Gasteiger partial charge is 0.292 e. The zero-order chi connectivity index (χ0) is 13.9. The molecular weight excluding hydrogens is 328 g/mol. The van der Waals surface area contributed by atoms with E-state index in [0.717, 1.165) is 0 Å². The molecule has 0 aromatic heterocycles. The molecule has 0 aliphatic rings. The first-order chi connectivity index (χ1) is 9.03. The fourth-order valence-corrected chi connectivity index (χ4v) is 3.71. The Balaban J connectivity index is 2.35. The third kappa shape index (κ3) is 2.93. The predicted molar refractivity (Wildman–Crippen MR) is 77.1 cm³/mol. The van der Waals surface area contributed by atoms with Crippen LogP contribution in [0.15, 0.2) is 65.6 Å². The number of hydrogen-bond acceptors (Lipinski definition) is 3. The highest BCUT2D eigenvalue weighted by Crippen LogP contribution is 2.23. The molecule has 0 saturated carbocycles. The van der Waals surface area contributed by atoms with E-state index in [2.05, 4.69) is 15.9 Å². The van der Waals surface area contributed by atoms with Crippen LogP contribution in [-0.2, 0) is 9.84 Å². The van der Waals surface area contributed by atoms with Crippen molar-refractivity contribution in [2.75, 3.05) is 0 Å². The van der Waals surface area contributed by atoms with Crippen molar-refractivity contribution in [1.82, 2.24) is 0 Å². The molecule has 0 unspecified atom stereocenters. The highest BCUT2D eigenvalue weighted by Gasteiger charge is 2.31. The van der Waals surface area contributed by atoms with Crippen LogP contribution < -0.4 is 0 Å². The molecule has 0 amide bonds. The lowest BCUT2D eigenvalue weighted by Crippen LogP contribution is -2.24. The summed E-state index contributed by atoms with van der Waals surface area (Å²) in [7, 11) is -3.72. The predicted octanol–water partition coefficient (Wildman–Crippen LogP) is 3.06. The second kappa shape index (κ2) is 5.67. The molecule has 0 aliphatic carbocycles. The monoisotopic (exact) mass is 338 g/mol. The summed E-state index contributed by atoms with van der Waals surface area (Å²) in [6.07, 6.45) is 0. The van der Waals surface area contributed by atoms with Gasteiger partial charge < -0.3 is 0 Å². The summed E-state index contributed by atoms with van der Waals surface area (Å²) in [4.78, 5) is 12.3. The third-order valence-corrected chi connectivity index (χ3v) is 6.19. The molecule has 98 valence electrons. The van der Waals surface area contributed by atoms with Gasteiger partial charge in [-0.1, -0.05) is 64.5 Å². The van der Waals surface area contributed by atoms with E-state index in [-0.39, 0.29) is 4.90 Å². The lowest BCUT2D eigenvalue weighted by molar-refractivity contribution is 0.101. The highest BCUT2D eigenvalue weighted by atomic mass is 79.9. The van der Waals surface area contributed by atoms with Gasteiger partial charge in [-0.25, -0.2) is 8.42 Å². The van der Waals surface area contributed by atoms with Crippen LogP contribution in [-0.4, -0.2) is 18.4 Å². The molecule has 0 heterocycles. The molecule has 2 aromatic carbocycles. The minimum absolute atomic E-state index is 0.126. The topological polar surface area (TPSA) is 51.2 Å². The van der Waals surface area contributed by atoms with Crippen LogP contribution in [0.25, 0.3) is 0 Å². The number of rotatable bonds is 4. The Bertz CT molecular complexity index is 666. The smallest absolute Gasteiger partial charge is 0.198 e. The number of carbonyl (C=O) groups excluding carboxylic acids is 1. The molecule has 0 aliphatic heterocycles. The lowest BCUT2D eigenvalue weighted by atomic mass is 10.2. The molecule has 3 nitrogen and oxygen atoms in total. The van der Waals surface area contributed by atoms with Crippen LogP contribution in [0.5, 0.6) is 0 Å². The maximum absolute atomic E-state index is 12.3. The van der Waals surface area contributed by atoms with Gasteiger partial charge in [0.2, 0.25) is 0 Å². The number of benzene rings is 2. The van der Waals surface area contributed by atoms with Crippen molar-refractivity contribution in [1.29, 1.82) is 0 Å². The Morgan fingerprint density at radius 3 is 1.89 bits per heavy atom. The zero-order valence-corrected chi connectivity index (χ0v) is 12.3. The highest BCUT2D eigenvalue weighted by molar-refractivity contribution is 9.11. The van der Waals surface area contributed by atoms with Crippen molar-refractivity contribution >= 4 is 31.6 Å². The van der Waals surface area contributed by atoms with Crippen LogP contribution in [0.3, 0.4) is 0 Å². The van der Waals surface area contributed by atoms with E-state index < -0.39 is 19.8 Å². The quantitative estimate of drug-likeness (QED) is 0.635. The SMILES string of the molecule is O=C(c1ccccc1)[C@@H](Br)S(=O)(=O)c1ccccc1. The van der Waals surface area contributed by atoms with Crippen molar-refractivity contribution in [2.45, 2.75) is 9.05 Å². The molecule has 5 heteroatoms. The van der Waals surface area contributed by atoms with Gasteiger partial charge in [0.05, 0.1) is 4.90 Å². The molecule has 2 rings (SSSR count). The number of carbonyl (C=O) groups is 1. The molecule has 0 bridgehead atoms. The summed E-state index contributed by atoms with van der Waals surface area (Å²) in [6, 6.07) is 16.3. The number of hydrogen-bond donors (Lipinski definition) is 0. The van der Waals surface area contributed by atoms with Crippen LogP contribution >= 0.6 is 15.9 Å². The lowest BCUT2D eigenvalue weighted by Gasteiger charge is -2.10. The first kappa shape index (κ1) is 14.0. The number of sulfone groups is 1. The average molecular weight is 339 g/mol. The summed E-state index contributed by atoms with van der Waals surface area (Å²) < 4.78 is 23.3. The number of Topliss-reactive ketones (excluding diaryl/α,β-unsaturated/α-hetero) is 1. The Labute approximate surface area is 120 Å². The van der Waals surface area contributed by atoms with Gasteiger partial charge in [0.25, 0.3) is 0 Å². The van der Waals surface area contributed by atoms with Crippen molar-refractivity contribution in [3.63, 3.8) is 0 Å². The Hall–Kier alpha value is -1.46. The van der Waals surface area contributed by atoms with Gasteiger partial charge in [0.1, 0.15) is 0 Å². The van der Waals surface area contributed by atoms with E-state index in [0.29, 0.717) is 5.56 Å². The minimum atomic E-state index is -3.72. The fraction of sp³-hybridized carbons (Fsp3) is 0.0714. The Kier molecular flexibility index (Phi) is 4.17. The van der Waals surface area contributed by atoms with Crippen LogP contribution in [0.2, 0.25) is 0 Å². The minimum Gasteiger partial charge on any atom is -0.292 e. The first-order valence-corrected chi connectivity index (χ1v) is 8.02. The van der Waals surface area contributed by atoms with E-state index in [1.165, 1.54) is 12.1 Å². The molecule has 0 radical (unpaired) electrons. The van der Waals surface area contributed by atoms with E-state index >= 15 is 0 Å². The molecule has 0 spiro atoms. The summed E-state index contributed by atoms with van der Waals surface area (Å²) in [5.74, 6) is -0.468. The first-order valence-electron chi connectivity index (χ1n) is 5.56. The van der Waals surface area contributed by atoms with Crippen LogP contribution in [0.4, 0.5) is 0 Å². The van der Waals surface area contributed by atoms with Gasteiger partial charge in [-0.3, -0.25) is 4.79 Å². The standard InChI is InChI=1S/C14H11BrO3S/c15-14(13(16)11-7-3-1-4-8-11)19(17,18)12-9-5-2-6-10-12/h1-10,14H/t14-/m0/s1. The molecule has 1 atom stereocenters. The molecule has 19 heavy (non-hydrogen) atoms. The van der Waals surface area contributed by atoms with Gasteiger partial charge in [-0.2, -0.15) is 0 Å². The maximum Gasteiger partial charge on any atom is 0.198 e. The summed E-state index contributed by atoms with van der Waals surface area (Å²) >= 11 is 3.00. The molecule has 0 fully saturated rings. The van der Waals surface area contributed by atoms with E-state index in [1.807, 2.05) is 0 Å². The van der Waals surface area contributed by atoms with Crippen molar-refractivity contribution in [3.8, 4) is 0 Å². The summed E-state index contributed by atoms with van der Waals surface area (Å²) in [6.45, 7) is 0. The van der Waals surface area contributed by atoms with Crippen molar-refractivity contribution in [2.24, 2.45) is 0 Å². The van der Waals surface area contributed by atoms with E-state index in [4.69, 9.17) is 0 Å². The van der Waals surface area contributed by atoms with E-state index in [1.54, 1.807) is 48.5 Å². The Morgan fingerprint density at radius 2 is 1.37 bits per heavy atom. The number of alkyl halides is 1. The molecule has 0 N–H and O–H groups in total.